The number of nitrogens with zero attached hydrogens (tertiary/aromatic N) is 3. The number of rotatable bonds is 3. The third-order valence-electron chi connectivity index (χ3n) is 3.88. The first kappa shape index (κ1) is 19.3. The average molecular weight is 434 g/mol. The second-order valence-corrected chi connectivity index (χ2v) is 8.07. The summed E-state index contributed by atoms with van der Waals surface area (Å²) in [5.74, 6) is 0.0206. The number of hydrogen-bond donors (Lipinski definition) is 0. The maximum atomic E-state index is 12.8. The van der Waals surface area contributed by atoms with Gasteiger partial charge in [0, 0.05) is 10.0 Å². The summed E-state index contributed by atoms with van der Waals surface area (Å²) in [6, 6.07) is 7.01. The Bertz CT molecular complexity index is 908. The van der Waals surface area contributed by atoms with Gasteiger partial charge in [-0.2, -0.15) is 4.98 Å². The summed E-state index contributed by atoms with van der Waals surface area (Å²) in [5, 5.41) is 0. The van der Waals surface area contributed by atoms with Crippen LogP contribution in [0.2, 0.25) is 0 Å². The van der Waals surface area contributed by atoms with Crippen LogP contribution in [0.15, 0.2) is 28.7 Å². The minimum absolute atomic E-state index is 0.0368. The highest BCUT2D eigenvalue weighted by Gasteiger charge is 2.32. The Balaban J connectivity index is 1.90. The zero-order chi connectivity index (χ0) is 19.8. The Morgan fingerprint density at radius 1 is 1.19 bits per heavy atom. The molecule has 1 amide bonds. The van der Waals surface area contributed by atoms with Crippen molar-refractivity contribution in [1.82, 2.24) is 14.9 Å². The van der Waals surface area contributed by atoms with Gasteiger partial charge >= 0.3 is 6.09 Å². The molecule has 1 aliphatic heterocycles. The SMILES string of the molecule is COc1nc(C(=O)c2cccc(Br)c2)nc2c1CN(C(=O)OC(C)(C)C)C2. The van der Waals surface area contributed by atoms with Gasteiger partial charge in [-0.05, 0) is 32.9 Å². The lowest BCUT2D eigenvalue weighted by Crippen LogP contribution is -2.33. The summed E-state index contributed by atoms with van der Waals surface area (Å²) in [5.41, 5.74) is 1.15. The van der Waals surface area contributed by atoms with Gasteiger partial charge in [0.25, 0.3) is 0 Å². The summed E-state index contributed by atoms with van der Waals surface area (Å²) < 4.78 is 11.5. The molecule has 0 spiro atoms. The number of carbonyl (C=O) groups is 2. The number of carbonyl (C=O) groups excluding carboxylic acids is 2. The molecule has 0 saturated heterocycles. The van der Waals surface area contributed by atoms with Crippen molar-refractivity contribution in [2.45, 2.75) is 39.5 Å². The highest BCUT2D eigenvalue weighted by atomic mass is 79.9. The standard InChI is InChI=1S/C19H20BrN3O4/c1-19(2,3)27-18(25)23-9-13-14(10-23)21-16(22-17(13)26-4)15(24)11-6-5-7-12(20)8-11/h5-8H,9-10H2,1-4H3. The number of benzene rings is 1. The third kappa shape index (κ3) is 4.27. The maximum absolute atomic E-state index is 12.8. The molecule has 7 nitrogen and oxygen atoms in total. The topological polar surface area (TPSA) is 81.6 Å². The van der Waals surface area contributed by atoms with Crippen molar-refractivity contribution in [2.24, 2.45) is 0 Å². The number of hydrogen-bond acceptors (Lipinski definition) is 6. The molecular weight excluding hydrogens is 414 g/mol. The van der Waals surface area contributed by atoms with Crippen molar-refractivity contribution in [1.29, 1.82) is 0 Å². The van der Waals surface area contributed by atoms with Crippen LogP contribution in [0.1, 0.15) is 48.2 Å². The van der Waals surface area contributed by atoms with Crippen LogP contribution in [-0.2, 0) is 17.8 Å². The minimum atomic E-state index is -0.594. The predicted octanol–water partition coefficient (Wildman–Crippen LogP) is 3.73. The van der Waals surface area contributed by atoms with Crippen LogP contribution in [0.5, 0.6) is 5.88 Å². The Labute approximate surface area is 165 Å². The van der Waals surface area contributed by atoms with Gasteiger partial charge < -0.3 is 9.47 Å². The number of methoxy groups -OCH3 is 1. The van der Waals surface area contributed by atoms with Gasteiger partial charge in [0.2, 0.25) is 17.5 Å². The van der Waals surface area contributed by atoms with Gasteiger partial charge in [-0.15, -0.1) is 0 Å². The molecule has 0 N–H and O–H groups in total. The van der Waals surface area contributed by atoms with E-state index < -0.39 is 11.7 Å². The van der Waals surface area contributed by atoms with Crippen molar-refractivity contribution in [3.63, 3.8) is 0 Å². The van der Waals surface area contributed by atoms with E-state index in [0.717, 1.165) is 4.47 Å². The molecule has 1 aromatic heterocycles. The fourth-order valence-corrected chi connectivity index (χ4v) is 3.11. The molecule has 0 radical (unpaired) electrons. The van der Waals surface area contributed by atoms with Gasteiger partial charge in [0.1, 0.15) is 5.60 Å². The van der Waals surface area contributed by atoms with Crippen molar-refractivity contribution in [2.75, 3.05) is 7.11 Å². The van der Waals surface area contributed by atoms with Crippen LogP contribution in [0, 0.1) is 0 Å². The minimum Gasteiger partial charge on any atom is -0.481 e. The third-order valence-corrected chi connectivity index (χ3v) is 4.37. The number of amides is 1. The number of halogens is 1. The molecule has 1 aromatic carbocycles. The van der Waals surface area contributed by atoms with E-state index in [0.29, 0.717) is 22.7 Å². The highest BCUT2D eigenvalue weighted by molar-refractivity contribution is 9.10. The van der Waals surface area contributed by atoms with Crippen LogP contribution in [0.4, 0.5) is 4.79 Å². The molecule has 1 aliphatic rings. The smallest absolute Gasteiger partial charge is 0.410 e. The van der Waals surface area contributed by atoms with E-state index >= 15 is 0 Å². The summed E-state index contributed by atoms with van der Waals surface area (Å²) in [6.07, 6.45) is -0.442. The molecule has 2 aromatic rings. The molecule has 2 heterocycles. The van der Waals surface area contributed by atoms with Crippen LogP contribution in [0.25, 0.3) is 0 Å². The first-order valence-electron chi connectivity index (χ1n) is 8.40. The molecule has 27 heavy (non-hydrogen) atoms. The number of ether oxygens (including phenoxy) is 2. The lowest BCUT2D eigenvalue weighted by molar-refractivity contribution is 0.0240. The number of aromatic nitrogens is 2. The van der Waals surface area contributed by atoms with E-state index in [9.17, 15) is 9.59 Å². The molecule has 8 heteroatoms. The molecule has 0 atom stereocenters. The molecule has 0 bridgehead atoms. The van der Waals surface area contributed by atoms with E-state index in [1.807, 2.05) is 26.8 Å². The van der Waals surface area contributed by atoms with Gasteiger partial charge in [0.05, 0.1) is 31.5 Å². The molecule has 0 unspecified atom stereocenters. The maximum Gasteiger partial charge on any atom is 0.410 e. The quantitative estimate of drug-likeness (QED) is 0.685. The second-order valence-electron chi connectivity index (χ2n) is 7.16. The van der Waals surface area contributed by atoms with Crippen molar-refractivity contribution >= 4 is 27.8 Å². The van der Waals surface area contributed by atoms with Crippen LogP contribution in [-0.4, -0.2) is 39.5 Å². The predicted molar refractivity (Wildman–Crippen MR) is 102 cm³/mol. The largest absolute Gasteiger partial charge is 0.481 e. The summed E-state index contributed by atoms with van der Waals surface area (Å²) >= 11 is 3.35. The summed E-state index contributed by atoms with van der Waals surface area (Å²) in [4.78, 5) is 35.3. The van der Waals surface area contributed by atoms with E-state index in [-0.39, 0.29) is 24.7 Å². The van der Waals surface area contributed by atoms with Gasteiger partial charge in [-0.1, -0.05) is 28.1 Å². The van der Waals surface area contributed by atoms with Crippen LogP contribution in [0.3, 0.4) is 0 Å². The van der Waals surface area contributed by atoms with Gasteiger partial charge in [-0.3, -0.25) is 9.69 Å². The normalized spacial score (nSPS) is 13.3. The first-order chi connectivity index (χ1) is 12.7. The molecule has 0 saturated carbocycles. The Kier molecular flexibility index (Phi) is 5.19. The zero-order valence-corrected chi connectivity index (χ0v) is 17.2. The zero-order valence-electron chi connectivity index (χ0n) is 15.6. The Morgan fingerprint density at radius 3 is 2.56 bits per heavy atom. The van der Waals surface area contributed by atoms with E-state index in [2.05, 4.69) is 25.9 Å². The Hall–Kier alpha value is -2.48. The van der Waals surface area contributed by atoms with E-state index in [1.165, 1.54) is 12.0 Å². The molecule has 0 fully saturated rings. The summed E-state index contributed by atoms with van der Waals surface area (Å²) in [6.45, 7) is 5.94. The van der Waals surface area contributed by atoms with Crippen LogP contribution >= 0.6 is 15.9 Å². The lowest BCUT2D eigenvalue weighted by atomic mass is 10.1. The monoisotopic (exact) mass is 433 g/mol. The van der Waals surface area contributed by atoms with Gasteiger partial charge in [-0.25, -0.2) is 9.78 Å². The molecule has 3 rings (SSSR count). The highest BCUT2D eigenvalue weighted by Crippen LogP contribution is 2.30. The average Bonchev–Trinajstić information content (AvgIpc) is 3.03. The van der Waals surface area contributed by atoms with Gasteiger partial charge in [0.15, 0.2) is 0 Å². The van der Waals surface area contributed by atoms with Crippen LogP contribution < -0.4 is 4.74 Å². The number of fused-ring (bicyclic) bond motifs is 1. The lowest BCUT2D eigenvalue weighted by Gasteiger charge is -2.23. The van der Waals surface area contributed by atoms with E-state index in [1.54, 1.807) is 18.2 Å². The Morgan fingerprint density at radius 2 is 1.93 bits per heavy atom. The molecule has 142 valence electrons. The van der Waals surface area contributed by atoms with Crippen molar-refractivity contribution in [3.8, 4) is 5.88 Å². The number of ketones is 1. The fraction of sp³-hybridized carbons (Fsp3) is 0.368. The van der Waals surface area contributed by atoms with Crippen molar-refractivity contribution < 1.29 is 19.1 Å². The first-order valence-corrected chi connectivity index (χ1v) is 9.19. The van der Waals surface area contributed by atoms with Crippen molar-refractivity contribution in [3.05, 3.63) is 51.4 Å². The summed E-state index contributed by atoms with van der Waals surface area (Å²) in [7, 11) is 1.48. The molecule has 0 aliphatic carbocycles. The van der Waals surface area contributed by atoms with E-state index in [4.69, 9.17) is 9.47 Å². The molecular formula is C19H20BrN3O4. The second kappa shape index (κ2) is 7.26. The fourth-order valence-electron chi connectivity index (χ4n) is 2.71.